The van der Waals surface area contributed by atoms with E-state index in [-0.39, 0.29) is 5.91 Å². The zero-order valence-corrected chi connectivity index (χ0v) is 15.3. The number of carbonyl (C=O) groups excluding carboxylic acids is 1. The molecule has 136 valence electrons. The molecular weight excluding hydrogens is 350 g/mol. The van der Waals surface area contributed by atoms with E-state index in [1.807, 2.05) is 28.5 Å². The molecule has 2 bridgehead atoms. The van der Waals surface area contributed by atoms with Gasteiger partial charge in [-0.25, -0.2) is 4.98 Å². The van der Waals surface area contributed by atoms with E-state index in [1.165, 1.54) is 17.8 Å². The number of rotatable bonds is 2. The van der Waals surface area contributed by atoms with Gasteiger partial charge in [0.05, 0.1) is 0 Å². The minimum atomic E-state index is 0.0411. The normalized spacial score (nSPS) is 24.4. The zero-order valence-electron chi connectivity index (χ0n) is 14.4. The van der Waals surface area contributed by atoms with Gasteiger partial charge in [-0.3, -0.25) is 4.79 Å². The maximum atomic E-state index is 12.9. The van der Waals surface area contributed by atoms with E-state index < -0.39 is 0 Å². The highest BCUT2D eigenvalue weighted by Crippen LogP contribution is 2.35. The number of ether oxygens (including phenoxy) is 2. The van der Waals surface area contributed by atoms with Crippen LogP contribution in [0.3, 0.4) is 0 Å². The topological polar surface area (TPSA) is 63.7 Å². The van der Waals surface area contributed by atoms with Crippen LogP contribution in [-0.4, -0.2) is 54.2 Å². The number of fused-ring (bicyclic) bond motifs is 3. The van der Waals surface area contributed by atoms with E-state index in [1.54, 1.807) is 0 Å². The van der Waals surface area contributed by atoms with Crippen LogP contribution in [0.15, 0.2) is 23.6 Å². The lowest BCUT2D eigenvalue weighted by molar-refractivity contribution is 0.0743. The predicted molar refractivity (Wildman–Crippen MR) is 99.0 cm³/mol. The van der Waals surface area contributed by atoms with E-state index in [0.717, 1.165) is 48.0 Å². The molecule has 2 aromatic rings. The summed E-state index contributed by atoms with van der Waals surface area (Å²) in [4.78, 5) is 19.5. The first kappa shape index (κ1) is 16.1. The Morgan fingerprint density at radius 1 is 1.15 bits per heavy atom. The first-order chi connectivity index (χ1) is 12.8. The fourth-order valence-corrected chi connectivity index (χ4v) is 4.76. The van der Waals surface area contributed by atoms with E-state index >= 15 is 0 Å². The van der Waals surface area contributed by atoms with Crippen molar-refractivity contribution in [2.75, 3.05) is 26.3 Å². The lowest BCUT2D eigenvalue weighted by Crippen LogP contribution is -2.39. The van der Waals surface area contributed by atoms with Gasteiger partial charge in [-0.05, 0) is 37.5 Å². The molecule has 2 saturated heterocycles. The monoisotopic (exact) mass is 371 g/mol. The molecule has 26 heavy (non-hydrogen) atoms. The Kier molecular flexibility index (Phi) is 4.05. The third kappa shape index (κ3) is 2.95. The number of carbonyl (C=O) groups is 1. The maximum absolute atomic E-state index is 12.9. The van der Waals surface area contributed by atoms with Crippen molar-refractivity contribution in [2.24, 2.45) is 0 Å². The second-order valence-corrected chi connectivity index (χ2v) is 7.93. The van der Waals surface area contributed by atoms with Gasteiger partial charge in [0, 0.05) is 36.1 Å². The van der Waals surface area contributed by atoms with Gasteiger partial charge in [-0.2, -0.15) is 0 Å². The molecule has 0 aliphatic carbocycles. The molecule has 1 N–H and O–H groups in total. The largest absolute Gasteiger partial charge is 0.486 e. The summed E-state index contributed by atoms with van der Waals surface area (Å²) in [5.41, 5.74) is 1.49. The predicted octanol–water partition coefficient (Wildman–Crippen LogP) is 2.55. The van der Waals surface area contributed by atoms with Crippen molar-refractivity contribution in [1.82, 2.24) is 15.2 Å². The van der Waals surface area contributed by atoms with Gasteiger partial charge < -0.3 is 19.7 Å². The number of likely N-dealkylation sites (tertiary alicyclic amines) is 1. The second-order valence-electron chi connectivity index (χ2n) is 7.07. The number of benzene rings is 1. The van der Waals surface area contributed by atoms with Crippen LogP contribution in [0.2, 0.25) is 0 Å². The lowest BCUT2D eigenvalue weighted by atomic mass is 10.1. The number of thiazole rings is 1. The highest BCUT2D eigenvalue weighted by Gasteiger charge is 2.32. The molecule has 2 atom stereocenters. The van der Waals surface area contributed by atoms with Crippen LogP contribution in [0.25, 0.3) is 10.6 Å². The standard InChI is InChI=1S/C19H21N3O3S/c23-19(22-6-5-13-2-3-14(10-22)20-13)15-11-26-18(21-15)12-1-4-16-17(9-12)25-8-7-24-16/h1,4,9,11,13-14,20H,2-3,5-8,10H2. The summed E-state index contributed by atoms with van der Waals surface area (Å²) < 4.78 is 11.2. The molecule has 7 heteroatoms. The Labute approximate surface area is 156 Å². The molecule has 0 radical (unpaired) electrons. The minimum absolute atomic E-state index is 0.0411. The molecule has 2 unspecified atom stereocenters. The molecule has 0 saturated carbocycles. The number of nitrogens with one attached hydrogen (secondary N) is 1. The van der Waals surface area contributed by atoms with Gasteiger partial charge in [0.15, 0.2) is 11.5 Å². The number of amides is 1. The minimum Gasteiger partial charge on any atom is -0.486 e. The molecule has 6 nitrogen and oxygen atoms in total. The maximum Gasteiger partial charge on any atom is 0.273 e. The van der Waals surface area contributed by atoms with E-state index in [9.17, 15) is 4.79 Å². The fraction of sp³-hybridized carbons (Fsp3) is 0.474. The molecule has 1 amide bonds. The molecule has 1 aromatic carbocycles. The number of hydrogen-bond donors (Lipinski definition) is 1. The van der Waals surface area contributed by atoms with Crippen molar-refractivity contribution in [3.05, 3.63) is 29.3 Å². The third-order valence-corrected chi connectivity index (χ3v) is 6.21. The van der Waals surface area contributed by atoms with Crippen molar-refractivity contribution in [3.63, 3.8) is 0 Å². The summed E-state index contributed by atoms with van der Waals surface area (Å²) in [5, 5.41) is 6.31. The van der Waals surface area contributed by atoms with E-state index in [0.29, 0.717) is 31.0 Å². The lowest BCUT2D eigenvalue weighted by Gasteiger charge is -2.23. The van der Waals surface area contributed by atoms with Crippen molar-refractivity contribution >= 4 is 17.2 Å². The van der Waals surface area contributed by atoms with Crippen molar-refractivity contribution in [2.45, 2.75) is 31.3 Å². The van der Waals surface area contributed by atoms with Gasteiger partial charge in [-0.15, -0.1) is 11.3 Å². The molecule has 3 aliphatic rings. The summed E-state index contributed by atoms with van der Waals surface area (Å²) in [5.74, 6) is 1.55. The van der Waals surface area contributed by atoms with Crippen molar-refractivity contribution in [1.29, 1.82) is 0 Å². The van der Waals surface area contributed by atoms with Gasteiger partial charge in [0.2, 0.25) is 0 Å². The summed E-state index contributed by atoms with van der Waals surface area (Å²) in [6.07, 6.45) is 3.42. The number of aromatic nitrogens is 1. The molecule has 0 spiro atoms. The molecule has 1 aromatic heterocycles. The average molecular weight is 371 g/mol. The van der Waals surface area contributed by atoms with Crippen LogP contribution in [0.5, 0.6) is 11.5 Å². The van der Waals surface area contributed by atoms with Gasteiger partial charge >= 0.3 is 0 Å². The van der Waals surface area contributed by atoms with Crippen LogP contribution in [0.1, 0.15) is 29.8 Å². The summed E-state index contributed by atoms with van der Waals surface area (Å²) in [7, 11) is 0. The first-order valence-electron chi connectivity index (χ1n) is 9.17. The zero-order chi connectivity index (χ0) is 17.5. The van der Waals surface area contributed by atoms with Gasteiger partial charge in [0.1, 0.15) is 23.9 Å². The van der Waals surface area contributed by atoms with Crippen molar-refractivity contribution in [3.8, 4) is 22.1 Å². The van der Waals surface area contributed by atoms with Crippen LogP contribution in [-0.2, 0) is 0 Å². The first-order valence-corrected chi connectivity index (χ1v) is 10.0. The Hall–Kier alpha value is -2.12. The van der Waals surface area contributed by atoms with Crippen molar-refractivity contribution < 1.29 is 14.3 Å². The van der Waals surface area contributed by atoms with E-state index in [2.05, 4.69) is 10.3 Å². The van der Waals surface area contributed by atoms with Gasteiger partial charge in [0.25, 0.3) is 5.91 Å². The highest BCUT2D eigenvalue weighted by molar-refractivity contribution is 7.13. The van der Waals surface area contributed by atoms with Crippen LogP contribution < -0.4 is 14.8 Å². The third-order valence-electron chi connectivity index (χ3n) is 5.32. The number of nitrogens with zero attached hydrogens (tertiary/aromatic N) is 2. The fourth-order valence-electron chi connectivity index (χ4n) is 3.97. The van der Waals surface area contributed by atoms with E-state index in [4.69, 9.17) is 9.47 Å². The molecule has 5 rings (SSSR count). The van der Waals surface area contributed by atoms with Crippen LogP contribution >= 0.6 is 11.3 Å². The molecule has 2 fully saturated rings. The smallest absolute Gasteiger partial charge is 0.273 e. The summed E-state index contributed by atoms with van der Waals surface area (Å²) in [6.45, 7) is 2.73. The Bertz CT molecular complexity index is 837. The Balaban J connectivity index is 1.35. The molecular formula is C19H21N3O3S. The average Bonchev–Trinajstić information content (AvgIpc) is 3.27. The quantitative estimate of drug-likeness (QED) is 0.879. The number of hydrogen-bond acceptors (Lipinski definition) is 6. The molecule has 4 heterocycles. The Morgan fingerprint density at radius 2 is 2.00 bits per heavy atom. The highest BCUT2D eigenvalue weighted by atomic mass is 32.1. The van der Waals surface area contributed by atoms with Gasteiger partial charge in [-0.1, -0.05) is 0 Å². The Morgan fingerprint density at radius 3 is 2.92 bits per heavy atom. The molecule has 3 aliphatic heterocycles. The second kappa shape index (κ2) is 6.55. The van der Waals surface area contributed by atoms with Crippen LogP contribution in [0, 0.1) is 0 Å². The summed E-state index contributed by atoms with van der Waals surface area (Å²) in [6, 6.07) is 6.82. The van der Waals surface area contributed by atoms with Crippen LogP contribution in [0.4, 0.5) is 0 Å². The summed E-state index contributed by atoms with van der Waals surface area (Å²) >= 11 is 1.50. The SMILES string of the molecule is O=C(c1csc(-c2ccc3c(c2)OCCO3)n1)N1CCC2CCC(C1)N2.